The summed E-state index contributed by atoms with van der Waals surface area (Å²) in [7, 11) is 1.46. The molecule has 5 rings (SSSR count). The summed E-state index contributed by atoms with van der Waals surface area (Å²) < 4.78 is 10.3. The quantitative estimate of drug-likeness (QED) is 0.471. The molecule has 3 aromatic carbocycles. The van der Waals surface area contributed by atoms with Gasteiger partial charge in [-0.05, 0) is 36.4 Å². The molecule has 0 spiro atoms. The number of anilines is 2. The predicted octanol–water partition coefficient (Wildman–Crippen LogP) is 4.35. The van der Waals surface area contributed by atoms with Crippen LogP contribution in [0.25, 0.3) is 11.0 Å². The van der Waals surface area contributed by atoms with Crippen LogP contribution in [-0.4, -0.2) is 49.4 Å². The predicted molar refractivity (Wildman–Crippen MR) is 134 cm³/mol. The number of nitrogens with one attached hydrogen (secondary N) is 2. The standard InChI is InChI=1S/C16H13N3O3.C10H14N2/c1-21-15-14(17-12-9-5-6-10-13(12)18-15)19-16(20)22-11-7-3-2-4-8-11;1-2-4-10(5-3-1)12-8-6-11-7-9-12/h2-10H,1H3,(H,17,19,20);1-5,11H,6-9H2. The van der Waals surface area contributed by atoms with Crippen LogP contribution in [0.5, 0.6) is 11.6 Å². The van der Waals surface area contributed by atoms with Crippen LogP contribution in [0.2, 0.25) is 0 Å². The first kappa shape index (κ1) is 23.0. The zero-order chi connectivity index (χ0) is 23.6. The van der Waals surface area contributed by atoms with E-state index in [1.165, 1.54) is 12.8 Å². The highest BCUT2D eigenvalue weighted by Gasteiger charge is 2.14. The third kappa shape index (κ3) is 6.20. The molecule has 0 aliphatic carbocycles. The molecule has 0 unspecified atom stereocenters. The van der Waals surface area contributed by atoms with E-state index in [9.17, 15) is 4.79 Å². The van der Waals surface area contributed by atoms with E-state index in [2.05, 4.69) is 55.8 Å². The highest BCUT2D eigenvalue weighted by Crippen LogP contribution is 2.23. The minimum absolute atomic E-state index is 0.210. The number of carbonyl (C=O) groups excluding carboxylic acids is 1. The smallest absolute Gasteiger partial charge is 0.418 e. The second-order valence-corrected chi connectivity index (χ2v) is 7.47. The van der Waals surface area contributed by atoms with Crippen molar-refractivity contribution in [2.24, 2.45) is 0 Å². The lowest BCUT2D eigenvalue weighted by Crippen LogP contribution is -2.43. The maximum Gasteiger partial charge on any atom is 0.418 e. The molecule has 0 saturated carbocycles. The van der Waals surface area contributed by atoms with E-state index >= 15 is 0 Å². The van der Waals surface area contributed by atoms with Gasteiger partial charge >= 0.3 is 6.09 Å². The number of para-hydroxylation sites is 4. The Morgan fingerprint density at radius 2 is 1.44 bits per heavy atom. The number of hydrogen-bond donors (Lipinski definition) is 2. The van der Waals surface area contributed by atoms with Crippen molar-refractivity contribution in [2.75, 3.05) is 43.5 Å². The first-order valence-electron chi connectivity index (χ1n) is 11.1. The Morgan fingerprint density at radius 1 is 0.853 bits per heavy atom. The SMILES string of the molecule is COc1nc2ccccc2nc1NC(=O)Oc1ccccc1.c1ccc(N2CCNCC2)cc1. The molecule has 1 aliphatic rings. The summed E-state index contributed by atoms with van der Waals surface area (Å²) in [6.07, 6.45) is -0.658. The molecular weight excluding hydrogens is 430 g/mol. The average molecular weight is 458 g/mol. The fourth-order valence-electron chi connectivity index (χ4n) is 3.49. The van der Waals surface area contributed by atoms with E-state index < -0.39 is 6.09 Å². The topological polar surface area (TPSA) is 88.6 Å². The van der Waals surface area contributed by atoms with E-state index in [0.29, 0.717) is 16.8 Å². The third-order valence-corrected chi connectivity index (χ3v) is 5.14. The van der Waals surface area contributed by atoms with Gasteiger partial charge in [-0.25, -0.2) is 14.8 Å². The minimum atomic E-state index is -0.658. The summed E-state index contributed by atoms with van der Waals surface area (Å²) in [4.78, 5) is 23.0. The molecule has 1 saturated heterocycles. The van der Waals surface area contributed by atoms with Gasteiger partial charge in [-0.1, -0.05) is 48.5 Å². The van der Waals surface area contributed by atoms with Gasteiger partial charge in [-0.2, -0.15) is 0 Å². The minimum Gasteiger partial charge on any atom is -0.478 e. The second-order valence-electron chi connectivity index (χ2n) is 7.47. The first-order chi connectivity index (χ1) is 16.7. The number of amides is 1. The van der Waals surface area contributed by atoms with E-state index in [1.54, 1.807) is 30.3 Å². The van der Waals surface area contributed by atoms with Gasteiger partial charge in [0.15, 0.2) is 5.82 Å². The molecule has 4 aromatic rings. The summed E-state index contributed by atoms with van der Waals surface area (Å²) in [6.45, 7) is 4.47. The molecule has 174 valence electrons. The van der Waals surface area contributed by atoms with Gasteiger partial charge in [0.25, 0.3) is 5.88 Å². The van der Waals surface area contributed by atoms with Gasteiger partial charge in [0, 0.05) is 31.9 Å². The monoisotopic (exact) mass is 457 g/mol. The summed E-state index contributed by atoms with van der Waals surface area (Å²) in [5.74, 6) is 0.874. The molecule has 8 heteroatoms. The molecule has 0 bridgehead atoms. The Morgan fingerprint density at radius 3 is 2.09 bits per heavy atom. The Labute approximate surface area is 198 Å². The Balaban J connectivity index is 0.000000192. The molecule has 1 aliphatic heterocycles. The largest absolute Gasteiger partial charge is 0.478 e. The Hall–Kier alpha value is -4.17. The number of hydrogen-bond acceptors (Lipinski definition) is 7. The van der Waals surface area contributed by atoms with Crippen molar-refractivity contribution < 1.29 is 14.3 Å². The van der Waals surface area contributed by atoms with Crippen LogP contribution in [0, 0.1) is 0 Å². The summed E-state index contributed by atoms with van der Waals surface area (Å²) >= 11 is 0. The highest BCUT2D eigenvalue weighted by atomic mass is 16.6. The summed E-state index contributed by atoms with van der Waals surface area (Å²) in [5, 5.41) is 5.89. The number of methoxy groups -OCH3 is 1. The maximum absolute atomic E-state index is 11.9. The number of nitrogens with zero attached hydrogens (tertiary/aromatic N) is 3. The number of carbonyl (C=O) groups is 1. The molecule has 1 fully saturated rings. The van der Waals surface area contributed by atoms with Crippen LogP contribution in [0.1, 0.15) is 0 Å². The van der Waals surface area contributed by atoms with Gasteiger partial charge in [0.05, 0.1) is 18.1 Å². The van der Waals surface area contributed by atoms with Gasteiger partial charge in [0.1, 0.15) is 5.75 Å². The van der Waals surface area contributed by atoms with Crippen LogP contribution in [0.3, 0.4) is 0 Å². The van der Waals surface area contributed by atoms with Crippen molar-refractivity contribution in [3.05, 3.63) is 84.9 Å². The zero-order valence-corrected chi connectivity index (χ0v) is 19.0. The van der Waals surface area contributed by atoms with Crippen LogP contribution in [0.4, 0.5) is 16.3 Å². The number of benzene rings is 3. The molecule has 2 heterocycles. The number of ether oxygens (including phenoxy) is 2. The van der Waals surface area contributed by atoms with Crippen LogP contribution in [0.15, 0.2) is 84.9 Å². The van der Waals surface area contributed by atoms with Crippen LogP contribution < -0.4 is 25.0 Å². The van der Waals surface area contributed by atoms with Crippen molar-refractivity contribution in [3.63, 3.8) is 0 Å². The van der Waals surface area contributed by atoms with Gasteiger partial charge in [0.2, 0.25) is 0 Å². The number of piperazine rings is 1. The molecule has 2 N–H and O–H groups in total. The van der Waals surface area contributed by atoms with Crippen molar-refractivity contribution >= 4 is 28.6 Å². The van der Waals surface area contributed by atoms with Crippen molar-refractivity contribution in [1.82, 2.24) is 15.3 Å². The molecule has 8 nitrogen and oxygen atoms in total. The normalized spacial score (nSPS) is 12.9. The Bertz CT molecular complexity index is 1200. The van der Waals surface area contributed by atoms with Crippen LogP contribution in [-0.2, 0) is 0 Å². The number of fused-ring (bicyclic) bond motifs is 1. The van der Waals surface area contributed by atoms with Gasteiger partial charge < -0.3 is 19.7 Å². The summed E-state index contributed by atoms with van der Waals surface area (Å²) in [6, 6.07) is 26.7. The Kier molecular flexibility index (Phi) is 7.86. The molecule has 34 heavy (non-hydrogen) atoms. The lowest BCUT2D eigenvalue weighted by molar-refractivity contribution is 0.215. The molecular formula is C26H27N5O3. The van der Waals surface area contributed by atoms with Crippen molar-refractivity contribution in [2.45, 2.75) is 0 Å². The third-order valence-electron chi connectivity index (χ3n) is 5.14. The fourth-order valence-corrected chi connectivity index (χ4v) is 3.49. The highest BCUT2D eigenvalue weighted by molar-refractivity contribution is 5.88. The van der Waals surface area contributed by atoms with Gasteiger partial charge in [-0.3, -0.25) is 5.32 Å². The summed E-state index contributed by atoms with van der Waals surface area (Å²) in [5.41, 5.74) is 2.68. The van der Waals surface area contributed by atoms with E-state index in [0.717, 1.165) is 26.2 Å². The maximum atomic E-state index is 11.9. The van der Waals surface area contributed by atoms with E-state index in [-0.39, 0.29) is 11.7 Å². The molecule has 1 aromatic heterocycles. The lowest BCUT2D eigenvalue weighted by Gasteiger charge is -2.29. The van der Waals surface area contributed by atoms with E-state index in [4.69, 9.17) is 9.47 Å². The first-order valence-corrected chi connectivity index (χ1v) is 11.1. The average Bonchev–Trinajstić information content (AvgIpc) is 2.90. The van der Waals surface area contributed by atoms with E-state index in [1.807, 2.05) is 24.3 Å². The zero-order valence-electron chi connectivity index (χ0n) is 19.0. The number of rotatable bonds is 4. The number of aromatic nitrogens is 2. The second kappa shape index (κ2) is 11.6. The molecule has 1 amide bonds. The molecule has 0 radical (unpaired) electrons. The van der Waals surface area contributed by atoms with Gasteiger partial charge in [-0.15, -0.1) is 0 Å². The molecule has 0 atom stereocenters. The van der Waals surface area contributed by atoms with Crippen molar-refractivity contribution in [3.8, 4) is 11.6 Å². The lowest BCUT2D eigenvalue weighted by atomic mass is 10.2. The van der Waals surface area contributed by atoms with Crippen LogP contribution >= 0.6 is 0 Å². The fraction of sp³-hybridized carbons (Fsp3) is 0.192. The van der Waals surface area contributed by atoms with Crippen molar-refractivity contribution in [1.29, 1.82) is 0 Å².